The Hall–Kier alpha value is -2.78. The summed E-state index contributed by atoms with van der Waals surface area (Å²) in [5, 5.41) is 0. The molecule has 0 unspecified atom stereocenters. The molecule has 2 aromatic carbocycles. The van der Waals surface area contributed by atoms with Crippen LogP contribution in [0.4, 0.5) is 13.2 Å². The van der Waals surface area contributed by atoms with Crippen LogP contribution in [0.3, 0.4) is 0 Å². The van der Waals surface area contributed by atoms with Crippen molar-refractivity contribution in [2.75, 3.05) is 45.8 Å². The fraction of sp³-hybridized carbons (Fsp3) is 0.429. The molecule has 0 N–H and O–H groups in total. The van der Waals surface area contributed by atoms with Gasteiger partial charge in [0.25, 0.3) is 0 Å². The van der Waals surface area contributed by atoms with Crippen LogP contribution in [0.15, 0.2) is 42.5 Å². The number of halogens is 3. The largest absolute Gasteiger partial charge is 0.339 e. The van der Waals surface area contributed by atoms with Crippen molar-refractivity contribution in [2.24, 2.45) is 0 Å². The van der Waals surface area contributed by atoms with E-state index in [9.17, 15) is 22.8 Å². The molecule has 3 aliphatic heterocycles. The Balaban J connectivity index is 1.05. The topological polar surface area (TPSA) is 43.9 Å². The molecule has 0 atom stereocenters. The Kier molecular flexibility index (Phi) is 7.62. The third kappa shape index (κ3) is 5.57. The van der Waals surface area contributed by atoms with Crippen LogP contribution in [0, 0.1) is 17.5 Å². The maximum Gasteiger partial charge on any atom is 0.247 e. The average Bonchev–Trinajstić information content (AvgIpc) is 3.26. The molecule has 3 heterocycles. The number of piperazine rings is 1. The van der Waals surface area contributed by atoms with Gasteiger partial charge < -0.3 is 14.7 Å². The zero-order valence-corrected chi connectivity index (χ0v) is 21.4. The minimum Gasteiger partial charge on any atom is -0.339 e. The third-order valence-electron chi connectivity index (χ3n) is 7.63. The lowest BCUT2D eigenvalue weighted by Crippen LogP contribution is -2.52. The van der Waals surface area contributed by atoms with Gasteiger partial charge in [-0.25, -0.2) is 13.2 Å². The first-order chi connectivity index (χ1) is 17.8. The van der Waals surface area contributed by atoms with Crippen molar-refractivity contribution in [1.82, 2.24) is 14.7 Å². The standard InChI is InChI=1S/C28H30F3N3O2S/c29-23-16-20(17-24(30)27(23)31)6-7-25(35)34-15-14-33(26(36)18-34)11-3-10-32-12-8-28(9-13-32)22-5-2-1-4-21(22)19-37-28/h1-2,4-7,16-17H,3,8-15,18-19H2/b7-6+. The molecule has 0 saturated carbocycles. The highest BCUT2D eigenvalue weighted by Crippen LogP contribution is 2.53. The first-order valence-electron chi connectivity index (χ1n) is 12.7. The molecule has 196 valence electrons. The van der Waals surface area contributed by atoms with Crippen LogP contribution in [0.2, 0.25) is 0 Å². The predicted octanol–water partition coefficient (Wildman–Crippen LogP) is 4.42. The summed E-state index contributed by atoms with van der Waals surface area (Å²) in [6, 6.07) is 10.4. The van der Waals surface area contributed by atoms with E-state index in [-0.39, 0.29) is 22.8 Å². The van der Waals surface area contributed by atoms with Gasteiger partial charge in [-0.3, -0.25) is 9.59 Å². The highest BCUT2D eigenvalue weighted by molar-refractivity contribution is 7.99. The zero-order chi connectivity index (χ0) is 26.0. The fourth-order valence-corrected chi connectivity index (χ4v) is 7.01. The van der Waals surface area contributed by atoms with Crippen molar-refractivity contribution in [3.63, 3.8) is 0 Å². The molecule has 0 aromatic heterocycles. The van der Waals surface area contributed by atoms with Crippen LogP contribution in [0.1, 0.15) is 36.0 Å². The van der Waals surface area contributed by atoms with Gasteiger partial charge in [0.05, 0.1) is 0 Å². The number of fused-ring (bicyclic) bond motifs is 2. The highest BCUT2D eigenvalue weighted by atomic mass is 32.2. The van der Waals surface area contributed by atoms with E-state index in [0.717, 1.165) is 62.9 Å². The second-order valence-electron chi connectivity index (χ2n) is 9.91. The van der Waals surface area contributed by atoms with Crippen LogP contribution in [0.5, 0.6) is 0 Å². The number of likely N-dealkylation sites (tertiary alicyclic amines) is 1. The molecule has 2 saturated heterocycles. The zero-order valence-electron chi connectivity index (χ0n) is 20.6. The molecular formula is C28H30F3N3O2S. The number of thioether (sulfide) groups is 1. The van der Waals surface area contributed by atoms with Crippen molar-refractivity contribution < 1.29 is 22.8 Å². The number of hydrogen-bond donors (Lipinski definition) is 0. The van der Waals surface area contributed by atoms with Crippen molar-refractivity contribution in [1.29, 1.82) is 0 Å². The van der Waals surface area contributed by atoms with Gasteiger partial charge in [0, 0.05) is 36.2 Å². The average molecular weight is 530 g/mol. The van der Waals surface area contributed by atoms with Crippen molar-refractivity contribution in [2.45, 2.75) is 29.8 Å². The number of piperidine rings is 1. The number of amides is 2. The monoisotopic (exact) mass is 529 g/mol. The maximum absolute atomic E-state index is 13.4. The first-order valence-corrected chi connectivity index (χ1v) is 13.7. The number of rotatable bonds is 6. The van der Waals surface area contributed by atoms with Gasteiger partial charge in [-0.05, 0) is 73.8 Å². The molecule has 0 radical (unpaired) electrons. The molecule has 2 amide bonds. The van der Waals surface area contributed by atoms with Crippen LogP contribution in [0.25, 0.3) is 6.08 Å². The summed E-state index contributed by atoms with van der Waals surface area (Å²) in [6.07, 6.45) is 5.56. The molecule has 0 aliphatic carbocycles. The Bertz CT molecular complexity index is 1190. The minimum absolute atomic E-state index is 0.0296. The Morgan fingerprint density at radius 1 is 1.00 bits per heavy atom. The van der Waals surface area contributed by atoms with Gasteiger partial charge in [-0.15, -0.1) is 11.8 Å². The summed E-state index contributed by atoms with van der Waals surface area (Å²) < 4.78 is 40.1. The van der Waals surface area contributed by atoms with Gasteiger partial charge >= 0.3 is 0 Å². The van der Waals surface area contributed by atoms with Crippen LogP contribution in [-0.4, -0.2) is 72.3 Å². The molecular weight excluding hydrogens is 499 g/mol. The lowest BCUT2D eigenvalue weighted by atomic mass is 9.86. The molecule has 9 heteroatoms. The van der Waals surface area contributed by atoms with E-state index in [0.29, 0.717) is 19.6 Å². The van der Waals surface area contributed by atoms with Gasteiger partial charge in [0.15, 0.2) is 17.5 Å². The summed E-state index contributed by atoms with van der Waals surface area (Å²) in [6.45, 7) is 4.54. The molecule has 1 spiro atoms. The molecule has 3 aliphatic rings. The number of carbonyl (C=O) groups is 2. The van der Waals surface area contributed by atoms with E-state index in [4.69, 9.17) is 0 Å². The van der Waals surface area contributed by atoms with E-state index in [1.807, 2.05) is 0 Å². The van der Waals surface area contributed by atoms with E-state index in [1.165, 1.54) is 22.1 Å². The summed E-state index contributed by atoms with van der Waals surface area (Å²) in [4.78, 5) is 30.8. The quantitative estimate of drug-likeness (QED) is 0.411. The van der Waals surface area contributed by atoms with Crippen LogP contribution < -0.4 is 0 Å². The SMILES string of the molecule is O=C(/C=C/c1cc(F)c(F)c(F)c1)N1CCN(CCCN2CCC3(CC2)SCc2ccccc23)C(=O)C1. The van der Waals surface area contributed by atoms with Gasteiger partial charge in [-0.2, -0.15) is 0 Å². The number of carbonyl (C=O) groups excluding carboxylic acids is 2. The highest BCUT2D eigenvalue weighted by Gasteiger charge is 2.41. The van der Waals surface area contributed by atoms with Crippen LogP contribution >= 0.6 is 11.8 Å². The lowest BCUT2D eigenvalue weighted by Gasteiger charge is -2.40. The normalized spacial score (nSPS) is 19.7. The Morgan fingerprint density at radius 2 is 1.73 bits per heavy atom. The van der Waals surface area contributed by atoms with E-state index < -0.39 is 23.4 Å². The maximum atomic E-state index is 13.4. The summed E-state index contributed by atoms with van der Waals surface area (Å²) >= 11 is 2.08. The Morgan fingerprint density at radius 3 is 2.46 bits per heavy atom. The molecule has 37 heavy (non-hydrogen) atoms. The predicted molar refractivity (Wildman–Crippen MR) is 138 cm³/mol. The molecule has 5 nitrogen and oxygen atoms in total. The second kappa shape index (κ2) is 10.9. The van der Waals surface area contributed by atoms with Crippen molar-refractivity contribution >= 4 is 29.7 Å². The first kappa shape index (κ1) is 25.9. The second-order valence-corrected chi connectivity index (χ2v) is 11.3. The smallest absolute Gasteiger partial charge is 0.247 e. The van der Waals surface area contributed by atoms with Gasteiger partial charge in [0.1, 0.15) is 6.54 Å². The molecule has 5 rings (SSSR count). The van der Waals surface area contributed by atoms with Crippen molar-refractivity contribution in [3.05, 3.63) is 76.6 Å². The van der Waals surface area contributed by atoms with Gasteiger partial charge in [-0.1, -0.05) is 24.3 Å². The minimum atomic E-state index is -1.55. The van der Waals surface area contributed by atoms with E-state index in [1.54, 1.807) is 4.90 Å². The van der Waals surface area contributed by atoms with Crippen LogP contribution in [-0.2, 0) is 20.1 Å². The molecule has 2 fully saturated rings. The number of hydrogen-bond acceptors (Lipinski definition) is 4. The molecule has 2 aromatic rings. The van der Waals surface area contributed by atoms with E-state index in [2.05, 4.69) is 40.9 Å². The molecule has 0 bridgehead atoms. The van der Waals surface area contributed by atoms with Crippen molar-refractivity contribution in [3.8, 4) is 0 Å². The lowest BCUT2D eigenvalue weighted by molar-refractivity contribution is -0.142. The third-order valence-corrected chi connectivity index (χ3v) is 9.27. The van der Waals surface area contributed by atoms with Gasteiger partial charge in [0.2, 0.25) is 11.8 Å². The van der Waals surface area contributed by atoms with E-state index >= 15 is 0 Å². The Labute approximate surface area is 219 Å². The summed E-state index contributed by atoms with van der Waals surface area (Å²) in [7, 11) is 0. The summed E-state index contributed by atoms with van der Waals surface area (Å²) in [5.74, 6) is -3.61. The number of benzene rings is 2. The fourth-order valence-electron chi connectivity index (χ4n) is 5.50. The summed E-state index contributed by atoms with van der Waals surface area (Å²) in [5.41, 5.74) is 3.03. The number of nitrogens with zero attached hydrogens (tertiary/aromatic N) is 3.